The molecule has 3 aromatic rings. The second-order valence-corrected chi connectivity index (χ2v) is 14.9. The average molecular weight is 641 g/mol. The van der Waals surface area contributed by atoms with Gasteiger partial charge in [-0.25, -0.2) is 0 Å². The minimum Gasteiger partial charge on any atom is -0.481 e. The van der Waals surface area contributed by atoms with Gasteiger partial charge in [0.05, 0.1) is 25.2 Å². The third-order valence-electron chi connectivity index (χ3n) is 10.1. The Morgan fingerprint density at radius 2 is 1.64 bits per heavy atom. The second-order valence-electron chi connectivity index (χ2n) is 14.9. The van der Waals surface area contributed by atoms with Crippen molar-refractivity contribution in [3.63, 3.8) is 0 Å². The molecule has 5 atom stereocenters. The van der Waals surface area contributed by atoms with Gasteiger partial charge in [-0.3, -0.25) is 14.5 Å². The van der Waals surface area contributed by atoms with Crippen molar-refractivity contribution in [3.05, 3.63) is 95.1 Å². The van der Waals surface area contributed by atoms with E-state index in [1.165, 1.54) is 19.3 Å². The van der Waals surface area contributed by atoms with E-state index in [1.54, 1.807) is 0 Å². The van der Waals surface area contributed by atoms with Crippen LogP contribution in [0, 0.1) is 10.8 Å². The highest BCUT2D eigenvalue weighted by Gasteiger charge is 2.50. The predicted octanol–water partition coefficient (Wildman–Crippen LogP) is 6.77. The van der Waals surface area contributed by atoms with E-state index in [1.807, 2.05) is 36.4 Å². The molecule has 1 aliphatic carbocycles. The molecule has 8 nitrogen and oxygen atoms in total. The van der Waals surface area contributed by atoms with Crippen molar-refractivity contribution >= 4 is 11.9 Å². The number of carbonyl (C=O) groups is 2. The maximum atomic E-state index is 12.2. The summed E-state index contributed by atoms with van der Waals surface area (Å²) < 4.78 is 13.4. The number of carboxylic acid groups (broad SMARTS) is 1. The first-order chi connectivity index (χ1) is 22.5. The monoisotopic (exact) mass is 640 g/mol. The van der Waals surface area contributed by atoms with Crippen LogP contribution in [0.5, 0.6) is 0 Å². The van der Waals surface area contributed by atoms with Crippen LogP contribution in [0.1, 0.15) is 93.9 Å². The summed E-state index contributed by atoms with van der Waals surface area (Å²) in [6.45, 7) is 9.59. The van der Waals surface area contributed by atoms with Crippen LogP contribution in [0.15, 0.2) is 72.8 Å². The van der Waals surface area contributed by atoms with E-state index < -0.39 is 12.3 Å². The molecule has 1 saturated carbocycles. The number of carboxylic acids is 1. The zero-order chi connectivity index (χ0) is 33.2. The van der Waals surface area contributed by atoms with Gasteiger partial charge in [0.2, 0.25) is 5.91 Å². The van der Waals surface area contributed by atoms with Gasteiger partial charge >= 0.3 is 5.97 Å². The molecule has 2 saturated heterocycles. The molecule has 250 valence electrons. The fourth-order valence-corrected chi connectivity index (χ4v) is 8.36. The van der Waals surface area contributed by atoms with Crippen LogP contribution in [0.25, 0.3) is 11.1 Å². The van der Waals surface area contributed by atoms with Gasteiger partial charge in [0.15, 0.2) is 6.29 Å². The van der Waals surface area contributed by atoms with E-state index in [9.17, 15) is 14.7 Å². The molecule has 2 heterocycles. The number of ether oxygens (including phenoxy) is 2. The molecule has 3 aliphatic rings. The minimum absolute atomic E-state index is 0.00692. The fraction of sp³-hybridized carbons (Fsp3) is 0.487. The highest BCUT2D eigenvalue weighted by molar-refractivity contribution is 5.80. The maximum Gasteiger partial charge on any atom is 0.303 e. The SMILES string of the molecule is CC1(C)CC2CC(C)(CN2CC2CC(c3ccc(CO)cc3)OC(c3ccc(-c4ccccc4CNC(=O)CCC(=O)O)cc3)O2)C1. The normalized spacial score (nSPS) is 27.0. The summed E-state index contributed by atoms with van der Waals surface area (Å²) in [5.41, 5.74) is 6.58. The number of hydrogen-bond acceptors (Lipinski definition) is 6. The Kier molecular flexibility index (Phi) is 9.85. The third-order valence-corrected chi connectivity index (χ3v) is 10.1. The van der Waals surface area contributed by atoms with E-state index in [0.29, 0.717) is 23.4 Å². The van der Waals surface area contributed by atoms with Crippen molar-refractivity contribution in [1.82, 2.24) is 10.2 Å². The molecule has 8 heteroatoms. The Morgan fingerprint density at radius 1 is 0.915 bits per heavy atom. The summed E-state index contributed by atoms with van der Waals surface area (Å²) in [5, 5.41) is 21.3. The summed E-state index contributed by atoms with van der Waals surface area (Å²) >= 11 is 0. The molecule has 5 unspecified atom stereocenters. The van der Waals surface area contributed by atoms with Gasteiger partial charge < -0.3 is 25.0 Å². The molecule has 2 bridgehead atoms. The lowest BCUT2D eigenvalue weighted by Crippen LogP contribution is -2.42. The highest BCUT2D eigenvalue weighted by atomic mass is 16.7. The second kappa shape index (κ2) is 13.9. The first-order valence-electron chi connectivity index (χ1n) is 16.9. The first-order valence-corrected chi connectivity index (χ1v) is 16.9. The first kappa shape index (κ1) is 33.3. The topological polar surface area (TPSA) is 108 Å². The quantitative estimate of drug-likeness (QED) is 0.212. The molecule has 3 fully saturated rings. The highest BCUT2D eigenvalue weighted by Crippen LogP contribution is 2.53. The van der Waals surface area contributed by atoms with Crippen molar-refractivity contribution in [1.29, 1.82) is 0 Å². The molecule has 47 heavy (non-hydrogen) atoms. The molecule has 3 N–H and O–H groups in total. The molecule has 6 rings (SSSR count). The van der Waals surface area contributed by atoms with Crippen molar-refractivity contribution in [3.8, 4) is 11.1 Å². The van der Waals surface area contributed by atoms with Gasteiger partial charge in [0.25, 0.3) is 0 Å². The number of aliphatic hydroxyl groups is 1. The number of likely N-dealkylation sites (tertiary alicyclic amines) is 1. The number of carbonyl (C=O) groups excluding carboxylic acids is 1. The summed E-state index contributed by atoms with van der Waals surface area (Å²) in [7, 11) is 0. The molecular weight excluding hydrogens is 592 g/mol. The maximum absolute atomic E-state index is 12.2. The van der Waals surface area contributed by atoms with Crippen molar-refractivity contribution in [2.24, 2.45) is 10.8 Å². The van der Waals surface area contributed by atoms with Gasteiger partial charge in [-0.15, -0.1) is 0 Å². The van der Waals surface area contributed by atoms with Gasteiger partial charge in [-0.05, 0) is 57.9 Å². The van der Waals surface area contributed by atoms with Crippen LogP contribution < -0.4 is 5.32 Å². The number of hydrogen-bond donors (Lipinski definition) is 3. The van der Waals surface area contributed by atoms with E-state index >= 15 is 0 Å². The smallest absolute Gasteiger partial charge is 0.303 e. The van der Waals surface area contributed by atoms with Gasteiger partial charge in [-0.2, -0.15) is 0 Å². The number of fused-ring (bicyclic) bond motifs is 2. The van der Waals surface area contributed by atoms with Crippen LogP contribution in [-0.4, -0.2) is 52.2 Å². The molecule has 0 radical (unpaired) electrons. The summed E-state index contributed by atoms with van der Waals surface area (Å²) in [4.78, 5) is 25.7. The Hall–Kier alpha value is -3.56. The predicted molar refractivity (Wildman–Crippen MR) is 180 cm³/mol. The zero-order valence-corrected chi connectivity index (χ0v) is 27.8. The fourth-order valence-electron chi connectivity index (χ4n) is 8.36. The largest absolute Gasteiger partial charge is 0.481 e. The van der Waals surface area contributed by atoms with Crippen LogP contribution >= 0.6 is 0 Å². The van der Waals surface area contributed by atoms with Gasteiger partial charge in [0.1, 0.15) is 0 Å². The number of aliphatic hydroxyl groups excluding tert-OH is 1. The lowest BCUT2D eigenvalue weighted by molar-refractivity contribution is -0.253. The third kappa shape index (κ3) is 8.12. The Balaban J connectivity index is 1.19. The number of nitrogens with zero attached hydrogens (tertiary/aromatic N) is 1. The zero-order valence-electron chi connectivity index (χ0n) is 27.8. The average Bonchev–Trinajstić information content (AvgIpc) is 3.29. The molecule has 0 aromatic heterocycles. The minimum atomic E-state index is -0.985. The van der Waals surface area contributed by atoms with Gasteiger partial charge in [-0.1, -0.05) is 93.6 Å². The van der Waals surface area contributed by atoms with Crippen LogP contribution in [0.4, 0.5) is 0 Å². The van der Waals surface area contributed by atoms with Crippen molar-refractivity contribution < 1.29 is 29.3 Å². The molecule has 0 spiro atoms. The number of amides is 1. The van der Waals surface area contributed by atoms with Crippen LogP contribution in [-0.2, 0) is 32.2 Å². The van der Waals surface area contributed by atoms with E-state index in [0.717, 1.165) is 52.9 Å². The van der Waals surface area contributed by atoms with Crippen molar-refractivity contribution in [2.45, 2.75) is 97.0 Å². The van der Waals surface area contributed by atoms with E-state index in [4.69, 9.17) is 14.6 Å². The summed E-state index contributed by atoms with van der Waals surface area (Å²) in [5.74, 6) is -1.27. The van der Waals surface area contributed by atoms with E-state index in [2.05, 4.69) is 67.4 Å². The van der Waals surface area contributed by atoms with E-state index in [-0.39, 0.29) is 37.6 Å². The molecule has 3 aromatic carbocycles. The number of rotatable bonds is 11. The number of benzene rings is 3. The number of aliphatic carboxylic acids is 1. The summed E-state index contributed by atoms with van der Waals surface area (Å²) in [6.07, 6.45) is 3.61. The van der Waals surface area contributed by atoms with Gasteiger partial charge in [0, 0.05) is 44.1 Å². The number of nitrogens with one attached hydrogen (secondary N) is 1. The van der Waals surface area contributed by atoms with Crippen molar-refractivity contribution in [2.75, 3.05) is 13.1 Å². The molecule has 2 aliphatic heterocycles. The van der Waals surface area contributed by atoms with Crippen LogP contribution in [0.2, 0.25) is 0 Å². The standard InChI is InChI=1S/C39H48N2O6/c1-38(2)19-31-20-39(3,24-38)25-41(31)22-32-18-34(28-10-8-26(23-42)9-11-28)47-37(46-32)29-14-12-27(13-15-29)33-7-5-4-6-30(33)21-40-35(43)16-17-36(44)45/h4-15,31-32,34,37,42H,16-25H2,1-3H3,(H,40,43)(H,44,45). The molecular formula is C39H48N2O6. The lowest BCUT2D eigenvalue weighted by atomic mass is 9.65. The lowest BCUT2D eigenvalue weighted by Gasteiger charge is -2.41. The molecule has 1 amide bonds. The summed E-state index contributed by atoms with van der Waals surface area (Å²) in [6, 6.07) is 24.8. The Bertz CT molecular complexity index is 1550. The van der Waals surface area contributed by atoms with Crippen LogP contribution in [0.3, 0.4) is 0 Å². The Labute approximate surface area is 278 Å². The Morgan fingerprint density at radius 3 is 2.36 bits per heavy atom.